The van der Waals surface area contributed by atoms with Crippen molar-refractivity contribution >= 4 is 32.2 Å². The molecule has 0 bridgehead atoms. The SMILES string of the molecule is Nc1ncnc2c1ncn2[C@@H]1O[C@H](C(O)C(P(=O)(O)O)P(=O)(O)O)[C@@H](O)[C@H]1F. The second-order valence-corrected chi connectivity index (χ2v) is 9.97. The minimum atomic E-state index is -5.56. The standard InChI is InChI=1S/C11H16FN5O9P2/c12-3-5(18)7(6(19)11(27(20,21)22)28(23,24)25)26-10(3)17-2-16-4-8(13)14-1-15-9(4)17/h1-3,5-7,10-11,18-19H,(H2,13,14,15)(H2,20,21,22)(H2,23,24,25)/t3-,5+,6?,7+,10-/m1/s1. The molecule has 0 saturated carbocycles. The van der Waals surface area contributed by atoms with E-state index in [0.29, 0.717) is 0 Å². The van der Waals surface area contributed by atoms with Gasteiger partial charge in [-0.15, -0.1) is 0 Å². The number of hydrogen-bond acceptors (Lipinski definition) is 9. The number of ether oxygens (including phenoxy) is 1. The maximum Gasteiger partial charge on any atom is 0.343 e. The second-order valence-electron chi connectivity index (χ2n) is 6.09. The quantitative estimate of drug-likeness (QED) is 0.249. The van der Waals surface area contributed by atoms with Gasteiger partial charge in [-0.05, 0) is 0 Å². The molecular formula is C11H16FN5O9P2. The average Bonchev–Trinajstić information content (AvgIpc) is 3.08. The monoisotopic (exact) mass is 443 g/mol. The van der Waals surface area contributed by atoms with Gasteiger partial charge in [0.25, 0.3) is 0 Å². The van der Waals surface area contributed by atoms with Gasteiger partial charge in [-0.1, -0.05) is 0 Å². The molecule has 1 saturated heterocycles. The molecule has 2 aromatic rings. The molecule has 14 nitrogen and oxygen atoms in total. The molecule has 28 heavy (non-hydrogen) atoms. The van der Waals surface area contributed by atoms with Gasteiger partial charge >= 0.3 is 15.2 Å². The van der Waals surface area contributed by atoms with E-state index in [4.69, 9.17) is 10.5 Å². The topological polar surface area (TPSA) is 234 Å². The van der Waals surface area contributed by atoms with E-state index in [9.17, 15) is 43.3 Å². The molecule has 1 unspecified atom stereocenters. The van der Waals surface area contributed by atoms with Crippen LogP contribution in [0.15, 0.2) is 12.7 Å². The van der Waals surface area contributed by atoms with Crippen molar-refractivity contribution in [2.24, 2.45) is 0 Å². The van der Waals surface area contributed by atoms with E-state index >= 15 is 0 Å². The fourth-order valence-electron chi connectivity index (χ4n) is 2.99. The molecule has 0 radical (unpaired) electrons. The van der Waals surface area contributed by atoms with Crippen molar-refractivity contribution < 1.29 is 48.0 Å². The van der Waals surface area contributed by atoms with Crippen molar-refractivity contribution in [1.29, 1.82) is 0 Å². The predicted octanol–water partition coefficient (Wildman–Crippen LogP) is -1.95. The molecule has 3 rings (SSSR count). The van der Waals surface area contributed by atoms with Gasteiger partial charge in [0, 0.05) is 0 Å². The zero-order valence-electron chi connectivity index (χ0n) is 13.7. The van der Waals surface area contributed by atoms with Crippen molar-refractivity contribution in [2.45, 2.75) is 36.1 Å². The molecule has 17 heteroatoms. The fraction of sp³-hybridized carbons (Fsp3) is 0.545. The van der Waals surface area contributed by atoms with Crippen LogP contribution < -0.4 is 5.73 Å². The summed E-state index contributed by atoms with van der Waals surface area (Å²) in [5.41, 5.74) is 5.70. The third-order valence-electron chi connectivity index (χ3n) is 4.22. The Bertz CT molecular complexity index is 957. The Kier molecular flexibility index (Phi) is 5.34. The Balaban J connectivity index is 1.97. The molecule has 1 aliphatic rings. The lowest BCUT2D eigenvalue weighted by Gasteiger charge is -2.29. The fourth-order valence-corrected chi connectivity index (χ4v) is 5.69. The smallest absolute Gasteiger partial charge is 0.343 e. The van der Waals surface area contributed by atoms with E-state index in [1.54, 1.807) is 0 Å². The van der Waals surface area contributed by atoms with Crippen LogP contribution in [0.2, 0.25) is 0 Å². The van der Waals surface area contributed by atoms with Gasteiger partial charge in [-0.3, -0.25) is 13.7 Å². The van der Waals surface area contributed by atoms with Gasteiger partial charge < -0.3 is 40.3 Å². The summed E-state index contributed by atoms with van der Waals surface area (Å²) in [4.78, 5) is 48.2. The van der Waals surface area contributed by atoms with Gasteiger partial charge in [0.1, 0.15) is 30.2 Å². The number of fused-ring (bicyclic) bond motifs is 1. The van der Waals surface area contributed by atoms with Gasteiger partial charge in [0.05, 0.1) is 6.33 Å². The number of nitrogens with two attached hydrogens (primary N) is 1. The summed E-state index contributed by atoms with van der Waals surface area (Å²) in [6, 6.07) is 0. The first-order valence-corrected chi connectivity index (χ1v) is 10.9. The number of nitrogens with zero attached hydrogens (tertiary/aromatic N) is 4. The lowest BCUT2D eigenvalue weighted by molar-refractivity contribution is -0.0801. The maximum atomic E-state index is 14.6. The molecule has 0 spiro atoms. The molecule has 1 fully saturated rings. The highest BCUT2D eigenvalue weighted by Crippen LogP contribution is 2.62. The number of aliphatic hydroxyl groups is 2. The third-order valence-corrected chi connectivity index (χ3v) is 8.02. The second kappa shape index (κ2) is 7.06. The van der Waals surface area contributed by atoms with E-state index < -0.39 is 51.3 Å². The van der Waals surface area contributed by atoms with Crippen LogP contribution in [-0.2, 0) is 13.9 Å². The zero-order valence-corrected chi connectivity index (χ0v) is 15.5. The van der Waals surface area contributed by atoms with Crippen LogP contribution in [0.25, 0.3) is 11.2 Å². The number of nitrogen functional groups attached to an aromatic ring is 1. The van der Waals surface area contributed by atoms with Crippen LogP contribution in [0.3, 0.4) is 0 Å². The molecule has 1 aliphatic heterocycles. The molecule has 0 aliphatic carbocycles. The molecule has 2 aromatic heterocycles. The number of aliphatic hydroxyl groups excluding tert-OH is 2. The summed E-state index contributed by atoms with van der Waals surface area (Å²) in [7, 11) is -11.1. The molecule has 8 N–H and O–H groups in total. The van der Waals surface area contributed by atoms with E-state index in [0.717, 1.165) is 17.2 Å². The van der Waals surface area contributed by atoms with Gasteiger partial charge in [0.2, 0.25) is 0 Å². The minimum absolute atomic E-state index is 0.00372. The maximum absolute atomic E-state index is 14.6. The first-order valence-electron chi connectivity index (χ1n) is 7.53. The van der Waals surface area contributed by atoms with E-state index in [1.165, 1.54) is 0 Å². The average molecular weight is 443 g/mol. The van der Waals surface area contributed by atoms with Crippen molar-refractivity contribution in [3.8, 4) is 0 Å². The van der Waals surface area contributed by atoms with E-state index in [2.05, 4.69) is 15.0 Å². The third kappa shape index (κ3) is 3.56. The summed E-state index contributed by atoms with van der Waals surface area (Å²) in [6.45, 7) is 0. The number of anilines is 1. The number of aromatic nitrogens is 4. The first-order chi connectivity index (χ1) is 12.8. The Morgan fingerprint density at radius 3 is 2.36 bits per heavy atom. The molecule has 3 heterocycles. The van der Waals surface area contributed by atoms with Crippen molar-refractivity contribution in [2.75, 3.05) is 5.73 Å². The number of hydrogen-bond donors (Lipinski definition) is 7. The first kappa shape index (κ1) is 21.2. The number of imidazole rings is 1. The van der Waals surface area contributed by atoms with Crippen LogP contribution in [0.4, 0.5) is 10.2 Å². The lowest BCUT2D eigenvalue weighted by atomic mass is 10.1. The lowest BCUT2D eigenvalue weighted by Crippen LogP contribution is -2.44. The largest absolute Gasteiger partial charge is 0.389 e. The van der Waals surface area contributed by atoms with Crippen LogP contribution in [-0.4, -0.2) is 79.2 Å². The number of rotatable bonds is 5. The Hall–Kier alpha value is -1.54. The molecule has 0 amide bonds. The van der Waals surface area contributed by atoms with Crippen LogP contribution in [0.5, 0.6) is 0 Å². The normalized spacial score (nSPS) is 27.6. The van der Waals surface area contributed by atoms with Crippen LogP contribution in [0, 0.1) is 0 Å². The van der Waals surface area contributed by atoms with Crippen LogP contribution in [0.1, 0.15) is 6.23 Å². The Morgan fingerprint density at radius 2 is 1.79 bits per heavy atom. The zero-order chi connectivity index (χ0) is 21.0. The van der Waals surface area contributed by atoms with Gasteiger partial charge in [0.15, 0.2) is 29.3 Å². The van der Waals surface area contributed by atoms with E-state index in [-0.39, 0.29) is 17.0 Å². The highest BCUT2D eigenvalue weighted by molar-refractivity contribution is 7.71. The summed E-state index contributed by atoms with van der Waals surface area (Å²) < 4.78 is 43.7. The van der Waals surface area contributed by atoms with Gasteiger partial charge in [-0.2, -0.15) is 0 Å². The highest BCUT2D eigenvalue weighted by atomic mass is 31.2. The number of halogens is 1. The highest BCUT2D eigenvalue weighted by Gasteiger charge is 2.57. The van der Waals surface area contributed by atoms with Crippen molar-refractivity contribution in [3.63, 3.8) is 0 Å². The molecule has 0 aromatic carbocycles. The summed E-state index contributed by atoms with van der Waals surface area (Å²) in [5.74, 6) is -0.0302. The minimum Gasteiger partial charge on any atom is -0.389 e. The predicted molar refractivity (Wildman–Crippen MR) is 88.4 cm³/mol. The Labute approximate surface area is 155 Å². The van der Waals surface area contributed by atoms with Crippen LogP contribution >= 0.6 is 15.2 Å². The molecule has 5 atom stereocenters. The number of alkyl halides is 1. The van der Waals surface area contributed by atoms with E-state index in [1.807, 2.05) is 0 Å². The summed E-state index contributed by atoms with van der Waals surface area (Å²) in [5, 5.41) is 17.3. The summed E-state index contributed by atoms with van der Waals surface area (Å²) in [6.07, 6.45) is -8.66. The molecule has 156 valence electrons. The Morgan fingerprint density at radius 1 is 1.18 bits per heavy atom. The van der Waals surface area contributed by atoms with Crippen molar-refractivity contribution in [1.82, 2.24) is 19.5 Å². The van der Waals surface area contributed by atoms with Crippen molar-refractivity contribution in [3.05, 3.63) is 12.7 Å². The molecular weight excluding hydrogens is 427 g/mol. The summed E-state index contributed by atoms with van der Waals surface area (Å²) >= 11 is 0. The van der Waals surface area contributed by atoms with Gasteiger partial charge in [-0.25, -0.2) is 19.3 Å².